The Morgan fingerprint density at radius 1 is 0.967 bits per heavy atom. The lowest BCUT2D eigenvalue weighted by atomic mass is 10.1. The van der Waals surface area contributed by atoms with E-state index >= 15 is 0 Å². The number of aromatic nitrogens is 2. The maximum atomic E-state index is 13.3. The average molecular weight is 412 g/mol. The standard InChI is InChI=1S/C25H21N3OS/c1-17-7-11-19(12-8-17)15-21(16-26)30-25-27-23-6-4-3-5-22(23)24(29)28(25)20-13-9-18(2)10-14-20/h3-14,21H,15H2,1-2H3/t21-/m1/s1. The van der Waals surface area contributed by atoms with Crippen LogP contribution in [0.4, 0.5) is 0 Å². The first kappa shape index (κ1) is 19.9. The van der Waals surface area contributed by atoms with E-state index in [1.54, 1.807) is 10.6 Å². The van der Waals surface area contributed by atoms with Crippen molar-refractivity contribution in [2.75, 3.05) is 0 Å². The molecular weight excluding hydrogens is 390 g/mol. The Labute approximate surface area is 179 Å². The maximum Gasteiger partial charge on any atom is 0.266 e. The summed E-state index contributed by atoms with van der Waals surface area (Å²) in [6, 6.07) is 25.7. The Morgan fingerprint density at radius 3 is 2.27 bits per heavy atom. The van der Waals surface area contributed by atoms with Crippen molar-refractivity contribution in [1.82, 2.24) is 9.55 Å². The molecule has 30 heavy (non-hydrogen) atoms. The van der Waals surface area contributed by atoms with Gasteiger partial charge in [0.2, 0.25) is 0 Å². The molecule has 0 fully saturated rings. The van der Waals surface area contributed by atoms with E-state index in [4.69, 9.17) is 4.98 Å². The summed E-state index contributed by atoms with van der Waals surface area (Å²) in [7, 11) is 0. The van der Waals surface area contributed by atoms with Crippen LogP contribution in [0.15, 0.2) is 82.7 Å². The molecule has 0 aliphatic rings. The fraction of sp³-hybridized carbons (Fsp3) is 0.160. The molecule has 0 aliphatic heterocycles. The lowest BCUT2D eigenvalue weighted by Crippen LogP contribution is -2.22. The summed E-state index contributed by atoms with van der Waals surface area (Å²) < 4.78 is 1.62. The van der Waals surface area contributed by atoms with Gasteiger partial charge in [-0.1, -0.05) is 71.4 Å². The number of hydrogen-bond acceptors (Lipinski definition) is 4. The normalized spacial score (nSPS) is 11.9. The number of thioether (sulfide) groups is 1. The van der Waals surface area contributed by atoms with Gasteiger partial charge in [0.05, 0.1) is 22.7 Å². The molecule has 0 spiro atoms. The third-order valence-electron chi connectivity index (χ3n) is 4.97. The molecule has 0 unspecified atom stereocenters. The molecule has 0 saturated carbocycles. The van der Waals surface area contributed by atoms with Gasteiger partial charge in [0, 0.05) is 0 Å². The monoisotopic (exact) mass is 411 g/mol. The van der Waals surface area contributed by atoms with Crippen molar-refractivity contribution >= 4 is 22.7 Å². The average Bonchev–Trinajstić information content (AvgIpc) is 2.76. The van der Waals surface area contributed by atoms with E-state index in [1.807, 2.05) is 80.6 Å². The Morgan fingerprint density at radius 2 is 1.60 bits per heavy atom. The second kappa shape index (κ2) is 8.56. The van der Waals surface area contributed by atoms with E-state index in [-0.39, 0.29) is 10.8 Å². The zero-order chi connectivity index (χ0) is 21.1. The highest BCUT2D eigenvalue weighted by molar-refractivity contribution is 8.00. The first-order chi connectivity index (χ1) is 14.5. The molecule has 3 aromatic carbocycles. The van der Waals surface area contributed by atoms with Crippen LogP contribution in [0.2, 0.25) is 0 Å². The Bertz CT molecular complexity index is 1290. The molecule has 0 aliphatic carbocycles. The van der Waals surface area contributed by atoms with E-state index in [1.165, 1.54) is 17.3 Å². The molecule has 148 valence electrons. The predicted molar refractivity (Wildman–Crippen MR) is 122 cm³/mol. The Hall–Kier alpha value is -3.36. The zero-order valence-corrected chi connectivity index (χ0v) is 17.7. The van der Waals surface area contributed by atoms with Crippen molar-refractivity contribution in [3.63, 3.8) is 0 Å². The number of rotatable bonds is 5. The van der Waals surface area contributed by atoms with E-state index < -0.39 is 0 Å². The molecule has 0 radical (unpaired) electrons. The van der Waals surface area contributed by atoms with Gasteiger partial charge in [-0.15, -0.1) is 0 Å². The number of benzene rings is 3. The summed E-state index contributed by atoms with van der Waals surface area (Å²) in [5.74, 6) is 0. The minimum atomic E-state index is -0.363. The molecule has 4 aromatic rings. The van der Waals surface area contributed by atoms with Crippen molar-refractivity contribution in [2.24, 2.45) is 0 Å². The molecule has 0 amide bonds. The van der Waals surface area contributed by atoms with Gasteiger partial charge in [0.15, 0.2) is 5.16 Å². The van der Waals surface area contributed by atoms with Crippen molar-refractivity contribution in [3.05, 3.63) is 99.8 Å². The molecule has 0 saturated heterocycles. The highest BCUT2D eigenvalue weighted by atomic mass is 32.2. The second-order valence-corrected chi connectivity index (χ2v) is 8.48. The highest BCUT2D eigenvalue weighted by Crippen LogP contribution is 2.27. The number of para-hydroxylation sites is 1. The van der Waals surface area contributed by atoms with Crippen molar-refractivity contribution in [2.45, 2.75) is 30.7 Å². The molecule has 0 N–H and O–H groups in total. The Kier molecular flexibility index (Phi) is 5.69. The molecular formula is C25H21N3OS. The molecule has 4 nitrogen and oxygen atoms in total. The van der Waals surface area contributed by atoms with Crippen molar-refractivity contribution in [3.8, 4) is 11.8 Å². The van der Waals surface area contributed by atoms with Gasteiger partial charge in [0.25, 0.3) is 5.56 Å². The molecule has 4 rings (SSSR count). The number of nitrogens with zero attached hydrogens (tertiary/aromatic N) is 3. The van der Waals surface area contributed by atoms with Crippen LogP contribution in [0.5, 0.6) is 0 Å². The van der Waals surface area contributed by atoms with E-state index in [0.29, 0.717) is 22.5 Å². The van der Waals surface area contributed by atoms with Crippen LogP contribution in [0.3, 0.4) is 0 Å². The fourth-order valence-electron chi connectivity index (χ4n) is 3.29. The summed E-state index contributed by atoms with van der Waals surface area (Å²) in [4.78, 5) is 18.1. The van der Waals surface area contributed by atoms with Crippen LogP contribution in [0.25, 0.3) is 16.6 Å². The zero-order valence-electron chi connectivity index (χ0n) is 16.9. The minimum absolute atomic E-state index is 0.126. The highest BCUT2D eigenvalue weighted by Gasteiger charge is 2.18. The van der Waals surface area contributed by atoms with Crippen LogP contribution in [0.1, 0.15) is 16.7 Å². The van der Waals surface area contributed by atoms with E-state index in [0.717, 1.165) is 16.8 Å². The minimum Gasteiger partial charge on any atom is -0.268 e. The largest absolute Gasteiger partial charge is 0.268 e. The topological polar surface area (TPSA) is 58.7 Å². The molecule has 0 bridgehead atoms. The van der Waals surface area contributed by atoms with Crippen LogP contribution in [-0.4, -0.2) is 14.8 Å². The van der Waals surface area contributed by atoms with Crippen LogP contribution < -0.4 is 5.56 Å². The first-order valence-electron chi connectivity index (χ1n) is 9.76. The van der Waals surface area contributed by atoms with Crippen LogP contribution >= 0.6 is 11.8 Å². The predicted octanol–water partition coefficient (Wildman–Crippen LogP) is 5.23. The quantitative estimate of drug-likeness (QED) is 0.333. The Balaban J connectivity index is 1.79. The SMILES string of the molecule is Cc1ccc(C[C@H](C#N)Sc2nc3ccccc3c(=O)n2-c2ccc(C)cc2)cc1. The van der Waals surface area contributed by atoms with E-state index in [2.05, 4.69) is 6.07 Å². The summed E-state index contributed by atoms with van der Waals surface area (Å²) in [5.41, 5.74) is 4.65. The van der Waals surface area contributed by atoms with Crippen molar-refractivity contribution < 1.29 is 0 Å². The summed E-state index contributed by atoms with van der Waals surface area (Å²) in [6.45, 7) is 4.05. The second-order valence-electron chi connectivity index (χ2n) is 7.31. The molecule has 1 aromatic heterocycles. The number of hydrogen-bond donors (Lipinski definition) is 0. The summed E-state index contributed by atoms with van der Waals surface area (Å²) >= 11 is 1.33. The smallest absolute Gasteiger partial charge is 0.266 e. The maximum absolute atomic E-state index is 13.3. The van der Waals surface area contributed by atoms with Gasteiger partial charge in [-0.05, 0) is 50.1 Å². The van der Waals surface area contributed by atoms with Gasteiger partial charge in [-0.3, -0.25) is 9.36 Å². The lowest BCUT2D eigenvalue weighted by Gasteiger charge is -2.15. The summed E-state index contributed by atoms with van der Waals surface area (Å²) in [6.07, 6.45) is 0.581. The third-order valence-corrected chi connectivity index (χ3v) is 6.01. The molecule has 1 atom stereocenters. The van der Waals surface area contributed by atoms with E-state index in [9.17, 15) is 10.1 Å². The van der Waals surface area contributed by atoms with Crippen LogP contribution in [0, 0.1) is 25.2 Å². The molecule has 1 heterocycles. The van der Waals surface area contributed by atoms with Gasteiger partial charge < -0.3 is 0 Å². The lowest BCUT2D eigenvalue weighted by molar-refractivity contribution is 0.815. The third kappa shape index (κ3) is 4.14. The number of fused-ring (bicyclic) bond motifs is 1. The first-order valence-corrected chi connectivity index (χ1v) is 10.6. The van der Waals surface area contributed by atoms with Gasteiger partial charge in [-0.25, -0.2) is 4.98 Å². The molecule has 5 heteroatoms. The van der Waals surface area contributed by atoms with Gasteiger partial charge in [0.1, 0.15) is 5.25 Å². The number of nitriles is 1. The van der Waals surface area contributed by atoms with Gasteiger partial charge in [-0.2, -0.15) is 5.26 Å². The van der Waals surface area contributed by atoms with Crippen molar-refractivity contribution in [1.29, 1.82) is 5.26 Å². The fourth-order valence-corrected chi connectivity index (χ4v) is 4.32. The number of aryl methyl sites for hydroxylation is 2. The summed E-state index contributed by atoms with van der Waals surface area (Å²) in [5, 5.41) is 10.5. The van der Waals surface area contributed by atoms with Gasteiger partial charge >= 0.3 is 0 Å². The van der Waals surface area contributed by atoms with Crippen LogP contribution in [-0.2, 0) is 6.42 Å².